The second-order valence-electron chi connectivity index (χ2n) is 6.36. The van der Waals surface area contributed by atoms with Crippen molar-refractivity contribution < 1.29 is 4.79 Å². The van der Waals surface area contributed by atoms with E-state index < -0.39 is 0 Å². The molecule has 2 heterocycles. The average Bonchev–Trinajstić information content (AvgIpc) is 3.30. The Kier molecular flexibility index (Phi) is 5.45. The first-order valence-corrected chi connectivity index (χ1v) is 10.9. The summed E-state index contributed by atoms with van der Waals surface area (Å²) in [5.41, 5.74) is 3.08. The van der Waals surface area contributed by atoms with Gasteiger partial charge in [0, 0.05) is 33.8 Å². The monoisotopic (exact) mass is 408 g/mol. The summed E-state index contributed by atoms with van der Waals surface area (Å²) in [5.74, 6) is 1.06. The van der Waals surface area contributed by atoms with E-state index in [1.54, 1.807) is 11.3 Å². The van der Waals surface area contributed by atoms with Crippen molar-refractivity contribution in [1.82, 2.24) is 14.8 Å². The van der Waals surface area contributed by atoms with Crippen molar-refractivity contribution in [2.24, 2.45) is 7.05 Å². The van der Waals surface area contributed by atoms with E-state index in [1.807, 2.05) is 48.0 Å². The van der Waals surface area contributed by atoms with Crippen molar-refractivity contribution in [2.45, 2.75) is 18.5 Å². The number of para-hydroxylation sites is 1. The fraction of sp³-hybridized carbons (Fsp3) is 0.190. The van der Waals surface area contributed by atoms with Crippen LogP contribution in [-0.4, -0.2) is 26.4 Å². The van der Waals surface area contributed by atoms with Crippen LogP contribution in [0.2, 0.25) is 0 Å². The Bertz CT molecular complexity index is 1130. The Hall–Kier alpha value is -2.64. The molecule has 0 saturated heterocycles. The number of carbonyl (C=O) groups is 1. The summed E-state index contributed by atoms with van der Waals surface area (Å²) in [5, 5.41) is 15.7. The van der Waals surface area contributed by atoms with Gasteiger partial charge in [0.15, 0.2) is 11.0 Å². The molecule has 142 valence electrons. The minimum absolute atomic E-state index is 0.0450. The van der Waals surface area contributed by atoms with Gasteiger partial charge in [-0.1, -0.05) is 55.1 Å². The van der Waals surface area contributed by atoms with E-state index in [0.717, 1.165) is 34.2 Å². The molecule has 4 rings (SSSR count). The number of rotatable bonds is 6. The molecule has 0 aliphatic heterocycles. The van der Waals surface area contributed by atoms with Crippen molar-refractivity contribution in [2.75, 3.05) is 11.1 Å². The molecule has 28 heavy (non-hydrogen) atoms. The second-order valence-corrected chi connectivity index (χ2v) is 8.21. The summed E-state index contributed by atoms with van der Waals surface area (Å²) < 4.78 is 3.18. The zero-order valence-electron chi connectivity index (χ0n) is 15.7. The number of hydrogen-bond acceptors (Lipinski definition) is 5. The molecule has 7 heteroatoms. The molecule has 0 unspecified atom stereocenters. The Labute approximate surface area is 171 Å². The number of thioether (sulfide) groups is 1. The number of anilines is 1. The Balaban J connectivity index is 1.47. The molecule has 4 aromatic rings. The van der Waals surface area contributed by atoms with Gasteiger partial charge < -0.3 is 9.88 Å². The highest BCUT2D eigenvalue weighted by Crippen LogP contribution is 2.33. The number of carbonyl (C=O) groups excluding carboxylic acids is 1. The third-order valence-corrected chi connectivity index (χ3v) is 6.55. The molecule has 0 aliphatic carbocycles. The number of thiophene rings is 1. The lowest BCUT2D eigenvalue weighted by Gasteiger charge is -2.09. The first kappa shape index (κ1) is 18.7. The third kappa shape index (κ3) is 3.68. The van der Waals surface area contributed by atoms with Crippen LogP contribution >= 0.6 is 23.1 Å². The van der Waals surface area contributed by atoms with E-state index in [2.05, 4.69) is 40.0 Å². The first-order valence-electron chi connectivity index (χ1n) is 9.04. The maximum absolute atomic E-state index is 12.4. The predicted molar refractivity (Wildman–Crippen MR) is 117 cm³/mol. The summed E-state index contributed by atoms with van der Waals surface area (Å²) in [6.07, 6.45) is 0.880. The van der Waals surface area contributed by atoms with E-state index >= 15 is 0 Å². The van der Waals surface area contributed by atoms with Crippen molar-refractivity contribution in [3.8, 4) is 11.4 Å². The second kappa shape index (κ2) is 8.16. The molecular weight excluding hydrogens is 388 g/mol. The number of nitrogens with zero attached hydrogens (tertiary/aromatic N) is 3. The van der Waals surface area contributed by atoms with Gasteiger partial charge in [0.05, 0.1) is 5.75 Å². The summed E-state index contributed by atoms with van der Waals surface area (Å²) in [6, 6.07) is 16.2. The van der Waals surface area contributed by atoms with Gasteiger partial charge in [-0.15, -0.1) is 21.5 Å². The largest absolute Gasteiger partial charge is 0.325 e. The van der Waals surface area contributed by atoms with Crippen LogP contribution in [-0.2, 0) is 18.3 Å². The number of fused-ring (bicyclic) bond motifs is 1. The Morgan fingerprint density at radius 1 is 1.14 bits per heavy atom. The van der Waals surface area contributed by atoms with Crippen LogP contribution < -0.4 is 5.32 Å². The van der Waals surface area contributed by atoms with Gasteiger partial charge in [0.1, 0.15) is 0 Å². The van der Waals surface area contributed by atoms with Gasteiger partial charge in [-0.2, -0.15) is 0 Å². The normalized spacial score (nSPS) is 11.1. The predicted octanol–water partition coefficient (Wildman–Crippen LogP) is 4.99. The number of hydrogen-bond donors (Lipinski definition) is 1. The van der Waals surface area contributed by atoms with Crippen LogP contribution in [0.25, 0.3) is 21.5 Å². The quantitative estimate of drug-likeness (QED) is 0.457. The van der Waals surface area contributed by atoms with E-state index in [9.17, 15) is 4.79 Å². The molecule has 2 aromatic heterocycles. The van der Waals surface area contributed by atoms with Crippen LogP contribution in [0.3, 0.4) is 0 Å². The van der Waals surface area contributed by atoms with Gasteiger partial charge in [0.2, 0.25) is 5.91 Å². The number of aryl methyl sites for hydroxylation is 1. The smallest absolute Gasteiger partial charge is 0.234 e. The molecule has 1 N–H and O–H groups in total. The molecule has 1 amide bonds. The van der Waals surface area contributed by atoms with E-state index in [4.69, 9.17) is 0 Å². The number of nitrogens with one attached hydrogen (secondary N) is 1. The molecule has 0 bridgehead atoms. The van der Waals surface area contributed by atoms with Crippen molar-refractivity contribution in [3.63, 3.8) is 0 Å². The lowest BCUT2D eigenvalue weighted by Crippen LogP contribution is -2.15. The number of benzene rings is 2. The van der Waals surface area contributed by atoms with E-state index in [1.165, 1.54) is 21.8 Å². The molecule has 0 aliphatic rings. The highest BCUT2D eigenvalue weighted by atomic mass is 32.2. The first-order chi connectivity index (χ1) is 13.7. The Morgan fingerprint density at radius 2 is 1.93 bits per heavy atom. The lowest BCUT2D eigenvalue weighted by atomic mass is 10.1. The summed E-state index contributed by atoms with van der Waals surface area (Å²) in [7, 11) is 1.94. The van der Waals surface area contributed by atoms with Gasteiger partial charge in [-0.05, 0) is 24.1 Å². The summed E-state index contributed by atoms with van der Waals surface area (Å²) in [6.45, 7) is 2.08. The number of aromatic nitrogens is 3. The molecule has 5 nitrogen and oxygen atoms in total. The van der Waals surface area contributed by atoms with Crippen LogP contribution in [0.4, 0.5) is 5.69 Å². The minimum Gasteiger partial charge on any atom is -0.325 e. The molecule has 0 atom stereocenters. The molecule has 0 saturated carbocycles. The highest BCUT2D eigenvalue weighted by molar-refractivity contribution is 7.99. The van der Waals surface area contributed by atoms with E-state index in [-0.39, 0.29) is 11.7 Å². The fourth-order valence-electron chi connectivity index (χ4n) is 3.09. The van der Waals surface area contributed by atoms with Gasteiger partial charge >= 0.3 is 0 Å². The molecule has 0 spiro atoms. The standard InChI is InChI=1S/C21H20N4OS2/c1-3-14-8-4-6-10-17(14)22-19(26)13-28-21-24-23-20(25(21)2)16-12-27-18-11-7-5-9-15(16)18/h4-12H,3,13H2,1-2H3,(H,22,26). The zero-order valence-corrected chi connectivity index (χ0v) is 17.3. The van der Waals surface area contributed by atoms with Gasteiger partial charge in [0.25, 0.3) is 0 Å². The third-order valence-electron chi connectivity index (χ3n) is 4.56. The maximum Gasteiger partial charge on any atom is 0.234 e. The Morgan fingerprint density at radius 3 is 2.79 bits per heavy atom. The summed E-state index contributed by atoms with van der Waals surface area (Å²) >= 11 is 3.09. The molecule has 2 aromatic carbocycles. The van der Waals surface area contributed by atoms with Crippen molar-refractivity contribution >= 4 is 44.8 Å². The van der Waals surface area contributed by atoms with Crippen LogP contribution in [0.5, 0.6) is 0 Å². The average molecular weight is 409 g/mol. The zero-order chi connectivity index (χ0) is 19.5. The van der Waals surface area contributed by atoms with Crippen molar-refractivity contribution in [3.05, 3.63) is 59.5 Å². The maximum atomic E-state index is 12.4. The van der Waals surface area contributed by atoms with Crippen LogP contribution in [0.1, 0.15) is 12.5 Å². The van der Waals surface area contributed by atoms with Crippen LogP contribution in [0.15, 0.2) is 59.1 Å². The SMILES string of the molecule is CCc1ccccc1NC(=O)CSc1nnc(-c2csc3ccccc23)n1C. The highest BCUT2D eigenvalue weighted by Gasteiger charge is 2.16. The van der Waals surface area contributed by atoms with E-state index in [0.29, 0.717) is 0 Å². The fourth-order valence-corrected chi connectivity index (χ4v) is 4.74. The molecule has 0 radical (unpaired) electrons. The topological polar surface area (TPSA) is 59.8 Å². The molecule has 0 fully saturated rings. The minimum atomic E-state index is -0.0450. The van der Waals surface area contributed by atoms with Crippen LogP contribution in [0, 0.1) is 0 Å². The molecular formula is C21H20N4OS2. The van der Waals surface area contributed by atoms with Crippen molar-refractivity contribution in [1.29, 1.82) is 0 Å². The summed E-state index contributed by atoms with van der Waals surface area (Å²) in [4.78, 5) is 12.4. The lowest BCUT2D eigenvalue weighted by molar-refractivity contribution is -0.113. The van der Waals surface area contributed by atoms with Gasteiger partial charge in [-0.3, -0.25) is 4.79 Å². The number of amides is 1. The van der Waals surface area contributed by atoms with Gasteiger partial charge in [-0.25, -0.2) is 0 Å².